The highest BCUT2D eigenvalue weighted by atomic mass is 16.7. The summed E-state index contributed by atoms with van der Waals surface area (Å²) in [6.45, 7) is 3.64. The molecule has 1 aliphatic heterocycles. The molecule has 0 aromatic carbocycles. The summed E-state index contributed by atoms with van der Waals surface area (Å²) in [5.74, 6) is -0.611. The van der Waals surface area contributed by atoms with Gasteiger partial charge in [0, 0.05) is 0 Å². The van der Waals surface area contributed by atoms with E-state index in [-0.39, 0.29) is 6.61 Å². The van der Waals surface area contributed by atoms with Crippen LogP contribution < -0.4 is 5.32 Å². The molecule has 0 aliphatic carbocycles. The molecule has 0 spiro atoms. The molecule has 1 heterocycles. The van der Waals surface area contributed by atoms with Crippen molar-refractivity contribution in [3.63, 3.8) is 0 Å². The molecule has 10 heteroatoms. The molecule has 0 bridgehead atoms. The predicted octanol–water partition coefficient (Wildman–Crippen LogP) is 10.6. The van der Waals surface area contributed by atoms with Gasteiger partial charge in [-0.15, -0.1) is 0 Å². The summed E-state index contributed by atoms with van der Waals surface area (Å²) in [5, 5.41) is 64.9. The Morgan fingerprint density at radius 3 is 1.33 bits per heavy atom. The molecule has 0 aromatic rings. The number of hydrogen-bond acceptors (Lipinski definition) is 9. The quantitative estimate of drug-likeness (QED) is 0.0233. The Labute approximate surface area is 374 Å². The summed E-state index contributed by atoms with van der Waals surface area (Å²) in [5.41, 5.74) is 0. The normalized spacial score (nSPS) is 21.0. The fourth-order valence-electron chi connectivity index (χ4n) is 8.46. The Morgan fingerprint density at radius 1 is 0.557 bits per heavy atom. The van der Waals surface area contributed by atoms with Crippen molar-refractivity contribution < 1.29 is 44.9 Å². The summed E-state index contributed by atoms with van der Waals surface area (Å²) in [6, 6.07) is -0.975. The molecule has 0 radical (unpaired) electrons. The lowest BCUT2D eigenvalue weighted by atomic mass is 9.99. The van der Waals surface area contributed by atoms with E-state index in [4.69, 9.17) is 9.47 Å². The topological polar surface area (TPSA) is 169 Å². The predicted molar refractivity (Wildman–Crippen MR) is 250 cm³/mol. The monoisotopic (exact) mass is 870 g/mol. The smallest absolute Gasteiger partial charge is 0.249 e. The Hall–Kier alpha value is -1.11. The van der Waals surface area contributed by atoms with Crippen molar-refractivity contribution in [2.75, 3.05) is 13.2 Å². The Balaban J connectivity index is 2.33. The molecular formula is C51H99NO9. The van der Waals surface area contributed by atoms with Crippen LogP contribution in [0.25, 0.3) is 0 Å². The van der Waals surface area contributed by atoms with Crippen LogP contribution in [0.5, 0.6) is 0 Å². The molecular weight excluding hydrogens is 771 g/mol. The number of unbranched alkanes of at least 4 members (excludes halogenated alkanes) is 33. The maximum absolute atomic E-state index is 13.1. The van der Waals surface area contributed by atoms with Crippen LogP contribution in [-0.2, 0) is 14.3 Å². The lowest BCUT2D eigenvalue weighted by Crippen LogP contribution is -2.60. The van der Waals surface area contributed by atoms with Crippen LogP contribution in [0.1, 0.15) is 245 Å². The van der Waals surface area contributed by atoms with E-state index in [1.54, 1.807) is 6.08 Å². The summed E-state index contributed by atoms with van der Waals surface area (Å²) in [6.07, 6.45) is 38.7. The zero-order valence-electron chi connectivity index (χ0n) is 39.6. The lowest BCUT2D eigenvalue weighted by molar-refractivity contribution is -0.302. The van der Waals surface area contributed by atoms with Gasteiger partial charge in [-0.3, -0.25) is 4.79 Å². The fraction of sp³-hybridized carbons (Fsp3) is 0.941. The minimum absolute atomic E-state index is 0.301. The third-order valence-corrected chi connectivity index (χ3v) is 12.7. The number of allylic oxidation sites excluding steroid dienone is 1. The average molecular weight is 870 g/mol. The number of ether oxygens (including phenoxy) is 2. The van der Waals surface area contributed by atoms with Gasteiger partial charge in [-0.25, -0.2) is 0 Å². The fourth-order valence-corrected chi connectivity index (χ4v) is 8.46. The van der Waals surface area contributed by atoms with Crippen molar-refractivity contribution in [1.82, 2.24) is 5.32 Å². The third-order valence-electron chi connectivity index (χ3n) is 12.7. The molecule has 1 aliphatic rings. The number of aliphatic hydroxyl groups excluding tert-OH is 6. The molecule has 1 rings (SSSR count). The van der Waals surface area contributed by atoms with Crippen molar-refractivity contribution in [1.29, 1.82) is 0 Å². The molecule has 8 atom stereocenters. The highest BCUT2D eigenvalue weighted by Gasteiger charge is 2.44. The van der Waals surface area contributed by atoms with Gasteiger partial charge in [0.2, 0.25) is 5.91 Å². The van der Waals surface area contributed by atoms with Crippen molar-refractivity contribution in [3.05, 3.63) is 12.2 Å². The minimum atomic E-state index is -1.61. The van der Waals surface area contributed by atoms with E-state index in [0.29, 0.717) is 6.42 Å². The van der Waals surface area contributed by atoms with Gasteiger partial charge in [0.25, 0.3) is 0 Å². The molecule has 0 saturated carbocycles. The second-order valence-corrected chi connectivity index (χ2v) is 18.5. The van der Waals surface area contributed by atoms with Crippen molar-refractivity contribution >= 4 is 5.91 Å². The van der Waals surface area contributed by atoms with E-state index in [1.807, 2.05) is 6.08 Å². The van der Waals surface area contributed by atoms with E-state index >= 15 is 0 Å². The number of nitrogens with one attached hydrogen (secondary N) is 1. The van der Waals surface area contributed by atoms with Crippen LogP contribution in [-0.4, -0.2) is 98.7 Å². The SMILES string of the molecule is CCCCCCCCCCCCCCCC/C=C/C(O)C(COC1OC(CO)C(O)C(O)C1O)NC(=O)C(O)CCCCCCCCCCCCCCCCCCCCCC. The summed E-state index contributed by atoms with van der Waals surface area (Å²) in [7, 11) is 0. The number of aliphatic hydroxyl groups is 6. The van der Waals surface area contributed by atoms with Gasteiger partial charge >= 0.3 is 0 Å². The maximum Gasteiger partial charge on any atom is 0.249 e. The van der Waals surface area contributed by atoms with Crippen LogP contribution in [0.3, 0.4) is 0 Å². The molecule has 61 heavy (non-hydrogen) atoms. The van der Waals surface area contributed by atoms with Gasteiger partial charge < -0.3 is 45.4 Å². The average Bonchev–Trinajstić information content (AvgIpc) is 3.26. The minimum Gasteiger partial charge on any atom is -0.394 e. The van der Waals surface area contributed by atoms with E-state index in [0.717, 1.165) is 44.9 Å². The van der Waals surface area contributed by atoms with E-state index in [9.17, 15) is 35.4 Å². The van der Waals surface area contributed by atoms with Gasteiger partial charge in [-0.05, 0) is 19.3 Å². The molecule has 0 aromatic heterocycles. The zero-order valence-corrected chi connectivity index (χ0v) is 39.6. The first-order valence-corrected chi connectivity index (χ1v) is 26.0. The Morgan fingerprint density at radius 2 is 0.934 bits per heavy atom. The highest BCUT2D eigenvalue weighted by molar-refractivity contribution is 5.80. The van der Waals surface area contributed by atoms with Crippen molar-refractivity contribution in [2.24, 2.45) is 0 Å². The largest absolute Gasteiger partial charge is 0.394 e. The van der Waals surface area contributed by atoms with E-state index < -0.39 is 61.5 Å². The molecule has 1 saturated heterocycles. The van der Waals surface area contributed by atoms with Crippen LogP contribution in [0.15, 0.2) is 12.2 Å². The van der Waals surface area contributed by atoms with Crippen LogP contribution >= 0.6 is 0 Å². The first-order chi connectivity index (χ1) is 29.8. The number of amides is 1. The van der Waals surface area contributed by atoms with Crippen LogP contribution in [0.2, 0.25) is 0 Å². The van der Waals surface area contributed by atoms with Gasteiger partial charge in [0.1, 0.15) is 30.5 Å². The van der Waals surface area contributed by atoms with Gasteiger partial charge in [-0.2, -0.15) is 0 Å². The lowest BCUT2D eigenvalue weighted by Gasteiger charge is -2.40. The Kier molecular flexibility index (Phi) is 39.5. The summed E-state index contributed by atoms with van der Waals surface area (Å²) < 4.78 is 11.2. The molecule has 1 amide bonds. The van der Waals surface area contributed by atoms with Crippen molar-refractivity contribution in [3.8, 4) is 0 Å². The van der Waals surface area contributed by atoms with Crippen LogP contribution in [0, 0.1) is 0 Å². The molecule has 1 fully saturated rings. The van der Waals surface area contributed by atoms with Crippen LogP contribution in [0.4, 0.5) is 0 Å². The zero-order chi connectivity index (χ0) is 44.6. The maximum atomic E-state index is 13.1. The molecule has 8 unspecified atom stereocenters. The van der Waals surface area contributed by atoms with Gasteiger partial charge in [0.05, 0.1) is 25.4 Å². The number of rotatable bonds is 44. The number of hydrogen-bond donors (Lipinski definition) is 7. The molecule has 362 valence electrons. The first kappa shape index (κ1) is 57.9. The second-order valence-electron chi connectivity index (χ2n) is 18.5. The summed E-state index contributed by atoms with van der Waals surface area (Å²) >= 11 is 0. The highest BCUT2D eigenvalue weighted by Crippen LogP contribution is 2.23. The molecule has 7 N–H and O–H groups in total. The first-order valence-electron chi connectivity index (χ1n) is 26.0. The van der Waals surface area contributed by atoms with Gasteiger partial charge in [0.15, 0.2) is 6.29 Å². The molecule has 10 nitrogen and oxygen atoms in total. The number of carbonyl (C=O) groups excluding carboxylic acids is 1. The third kappa shape index (κ3) is 31.4. The van der Waals surface area contributed by atoms with E-state index in [2.05, 4.69) is 19.2 Å². The summed E-state index contributed by atoms with van der Waals surface area (Å²) in [4.78, 5) is 13.1. The van der Waals surface area contributed by atoms with E-state index in [1.165, 1.54) is 180 Å². The Bertz CT molecular complexity index is 984. The standard InChI is InChI=1S/C51H99NO9/c1-3-5-7-9-11-13-15-17-19-21-22-23-24-26-28-30-32-34-36-38-40-45(55)50(59)52-43(42-60-51-49(58)48(57)47(56)46(41-53)61-51)44(54)39-37-35-33-31-29-27-25-20-18-16-14-12-10-8-6-4-2/h37,39,43-49,51,53-58H,3-36,38,40-42H2,1-2H3,(H,52,59)/b39-37+. The number of carbonyl (C=O) groups is 1. The second kappa shape index (κ2) is 41.6. The van der Waals surface area contributed by atoms with Crippen molar-refractivity contribution in [2.45, 2.75) is 294 Å². The van der Waals surface area contributed by atoms with Gasteiger partial charge in [-0.1, -0.05) is 238 Å².